The molecule has 8 nitrogen and oxygen atoms in total. The predicted molar refractivity (Wildman–Crippen MR) is 117 cm³/mol. The molecule has 160 valence electrons. The summed E-state index contributed by atoms with van der Waals surface area (Å²) in [5, 5.41) is 3.43. The first kappa shape index (κ1) is 21.4. The zero-order valence-corrected chi connectivity index (χ0v) is 17.2. The third-order valence-electron chi connectivity index (χ3n) is 4.62. The highest BCUT2D eigenvalue weighted by atomic mass is 19.1. The van der Waals surface area contributed by atoms with Crippen LogP contribution in [-0.2, 0) is 0 Å². The van der Waals surface area contributed by atoms with Crippen molar-refractivity contribution in [2.75, 3.05) is 23.7 Å². The molecule has 1 aliphatic heterocycles. The van der Waals surface area contributed by atoms with Crippen molar-refractivity contribution < 1.29 is 8.78 Å². The van der Waals surface area contributed by atoms with Crippen molar-refractivity contribution in [3.05, 3.63) is 41.6 Å². The lowest BCUT2D eigenvalue weighted by atomic mass is 10.1. The number of hydrogen-bond acceptors (Lipinski definition) is 6. The summed E-state index contributed by atoms with van der Waals surface area (Å²) in [6, 6.07) is 4.68. The monoisotopic (exact) mass is 416 g/mol. The number of halogens is 2. The van der Waals surface area contributed by atoms with Crippen LogP contribution in [0.2, 0.25) is 0 Å². The molecule has 1 aliphatic rings. The molecule has 10 heteroatoms. The summed E-state index contributed by atoms with van der Waals surface area (Å²) in [5.41, 5.74) is 18.4. The summed E-state index contributed by atoms with van der Waals surface area (Å²) in [7, 11) is 0. The van der Waals surface area contributed by atoms with E-state index in [2.05, 4.69) is 39.0 Å². The zero-order valence-electron chi connectivity index (χ0n) is 17.2. The molecule has 1 aromatic heterocycles. The number of pyridine rings is 1. The number of amidine groups is 2. The summed E-state index contributed by atoms with van der Waals surface area (Å²) in [6.07, 6.45) is 1.27. The maximum atomic E-state index is 14.9. The third kappa shape index (κ3) is 4.82. The van der Waals surface area contributed by atoms with Gasteiger partial charge in [0, 0.05) is 42.6 Å². The van der Waals surface area contributed by atoms with Gasteiger partial charge in [0.2, 0.25) is 0 Å². The van der Waals surface area contributed by atoms with E-state index in [0.717, 1.165) is 19.2 Å². The molecule has 2 atom stereocenters. The summed E-state index contributed by atoms with van der Waals surface area (Å²) in [4.78, 5) is 13.8. The zero-order chi connectivity index (χ0) is 22.0. The van der Waals surface area contributed by atoms with E-state index >= 15 is 0 Å². The van der Waals surface area contributed by atoms with Gasteiger partial charge in [-0.3, -0.25) is 0 Å². The first-order valence-electron chi connectivity index (χ1n) is 9.55. The van der Waals surface area contributed by atoms with Gasteiger partial charge >= 0.3 is 0 Å². The Hall–Kier alpha value is -3.27. The summed E-state index contributed by atoms with van der Waals surface area (Å²) < 4.78 is 29.0. The second kappa shape index (κ2) is 8.62. The molecule has 1 saturated heterocycles. The minimum Gasteiger partial charge on any atom is -0.398 e. The van der Waals surface area contributed by atoms with E-state index in [9.17, 15) is 8.78 Å². The van der Waals surface area contributed by atoms with Gasteiger partial charge in [-0.1, -0.05) is 0 Å². The van der Waals surface area contributed by atoms with Crippen molar-refractivity contribution in [2.45, 2.75) is 32.9 Å². The number of anilines is 2. The molecule has 2 unspecified atom stereocenters. The molecule has 7 N–H and O–H groups in total. The van der Waals surface area contributed by atoms with Crippen LogP contribution in [0.1, 0.15) is 26.3 Å². The Morgan fingerprint density at radius 3 is 2.33 bits per heavy atom. The van der Waals surface area contributed by atoms with Crippen LogP contribution in [0.15, 0.2) is 34.4 Å². The number of benzene rings is 1. The van der Waals surface area contributed by atoms with Gasteiger partial charge in [0.15, 0.2) is 11.6 Å². The lowest BCUT2D eigenvalue weighted by Gasteiger charge is -2.37. The van der Waals surface area contributed by atoms with E-state index in [1.54, 1.807) is 6.07 Å². The van der Waals surface area contributed by atoms with Gasteiger partial charge in [0.25, 0.3) is 0 Å². The number of aromatic nitrogens is 1. The van der Waals surface area contributed by atoms with Crippen molar-refractivity contribution >= 4 is 34.6 Å². The highest BCUT2D eigenvalue weighted by Crippen LogP contribution is 2.27. The summed E-state index contributed by atoms with van der Waals surface area (Å²) in [5.74, 6) is -1.49. The normalized spacial score (nSPS) is 20.5. The van der Waals surface area contributed by atoms with Crippen LogP contribution in [0.5, 0.6) is 0 Å². The molecule has 30 heavy (non-hydrogen) atoms. The number of nitrogen functional groups attached to an aromatic ring is 1. The van der Waals surface area contributed by atoms with E-state index in [1.165, 1.54) is 19.2 Å². The molecule has 0 amide bonds. The highest BCUT2D eigenvalue weighted by Gasteiger charge is 2.23. The van der Waals surface area contributed by atoms with Crippen LogP contribution in [0.25, 0.3) is 0 Å². The molecule has 1 fully saturated rings. The third-order valence-corrected chi connectivity index (χ3v) is 4.62. The Labute approximate surface area is 173 Å². The van der Waals surface area contributed by atoms with E-state index < -0.39 is 11.6 Å². The average molecular weight is 416 g/mol. The summed E-state index contributed by atoms with van der Waals surface area (Å²) >= 11 is 0. The highest BCUT2D eigenvalue weighted by molar-refractivity contribution is 6.04. The number of piperazine rings is 1. The fourth-order valence-electron chi connectivity index (χ4n) is 3.53. The first-order valence-corrected chi connectivity index (χ1v) is 9.55. The smallest absolute Gasteiger partial charge is 0.190 e. The fourth-order valence-corrected chi connectivity index (χ4v) is 3.53. The second-order valence-electron chi connectivity index (χ2n) is 7.51. The van der Waals surface area contributed by atoms with Gasteiger partial charge in [-0.15, -0.1) is 0 Å². The quantitative estimate of drug-likeness (QED) is 0.343. The molecular weight excluding hydrogens is 390 g/mol. The van der Waals surface area contributed by atoms with Crippen LogP contribution in [-0.4, -0.2) is 41.8 Å². The van der Waals surface area contributed by atoms with Crippen molar-refractivity contribution in [3.63, 3.8) is 0 Å². The molecule has 2 aromatic rings. The number of aliphatic imine (C=N–C) groups is 2. The summed E-state index contributed by atoms with van der Waals surface area (Å²) in [6.45, 7) is 7.12. The topological polar surface area (TPSA) is 131 Å². The minimum atomic E-state index is -0.723. The van der Waals surface area contributed by atoms with Crippen LogP contribution < -0.4 is 27.4 Å². The Bertz CT molecular complexity index is 967. The largest absolute Gasteiger partial charge is 0.398 e. The number of nitrogens with one attached hydrogen (secondary N) is 1. The molecule has 0 saturated carbocycles. The Kier molecular flexibility index (Phi) is 6.16. The van der Waals surface area contributed by atoms with Crippen LogP contribution in [0, 0.1) is 11.6 Å². The number of rotatable bonds is 4. The Balaban J connectivity index is 1.90. The molecule has 0 spiro atoms. The van der Waals surface area contributed by atoms with Crippen LogP contribution in [0.3, 0.4) is 0 Å². The standard InChI is InChI=1S/C20H26F2N8/c1-10-8-30(9-11(2)27-10)14-5-15(21)18(17(24)6-14)19(25)29-13-4-16(22)20(26-7-13)28-12(3)23/h4-7,10-11,27H,8-9,24H2,1-3H3,(H2,25,29)(H2,23,26,28). The van der Waals surface area contributed by atoms with Crippen LogP contribution >= 0.6 is 0 Å². The second-order valence-corrected chi connectivity index (χ2v) is 7.51. The molecule has 0 radical (unpaired) electrons. The van der Waals surface area contributed by atoms with Crippen molar-refractivity contribution in [1.29, 1.82) is 0 Å². The van der Waals surface area contributed by atoms with Crippen molar-refractivity contribution in [1.82, 2.24) is 10.3 Å². The van der Waals surface area contributed by atoms with Crippen molar-refractivity contribution in [2.24, 2.45) is 21.5 Å². The number of hydrogen-bond donors (Lipinski definition) is 4. The SMILES string of the molecule is C/C(N)=N/c1ncc(N=C(N)c2c(N)cc(N3CC(C)NC(C)C3)cc2F)cc1F. The Morgan fingerprint density at radius 2 is 1.77 bits per heavy atom. The van der Waals surface area contributed by atoms with E-state index in [4.69, 9.17) is 17.2 Å². The van der Waals surface area contributed by atoms with Gasteiger partial charge in [0.1, 0.15) is 11.7 Å². The van der Waals surface area contributed by atoms with Gasteiger partial charge < -0.3 is 27.4 Å². The maximum Gasteiger partial charge on any atom is 0.190 e. The van der Waals surface area contributed by atoms with Gasteiger partial charge in [-0.05, 0) is 32.9 Å². The van der Waals surface area contributed by atoms with E-state index in [0.29, 0.717) is 5.69 Å². The van der Waals surface area contributed by atoms with Crippen LogP contribution in [0.4, 0.5) is 31.7 Å². The minimum absolute atomic E-state index is 0.0321. The lowest BCUT2D eigenvalue weighted by molar-refractivity contribution is 0.406. The fraction of sp³-hybridized carbons (Fsp3) is 0.350. The lowest BCUT2D eigenvalue weighted by Crippen LogP contribution is -2.54. The van der Waals surface area contributed by atoms with E-state index in [1.807, 2.05) is 0 Å². The molecular formula is C20H26F2N8. The maximum absolute atomic E-state index is 14.9. The molecule has 3 rings (SSSR count). The number of nitrogens with two attached hydrogens (primary N) is 3. The first-order chi connectivity index (χ1) is 14.1. The van der Waals surface area contributed by atoms with Gasteiger partial charge in [-0.2, -0.15) is 0 Å². The van der Waals surface area contributed by atoms with E-state index in [-0.39, 0.29) is 46.5 Å². The van der Waals surface area contributed by atoms with Crippen molar-refractivity contribution in [3.8, 4) is 0 Å². The molecule has 0 bridgehead atoms. The molecule has 2 heterocycles. The average Bonchev–Trinajstić information content (AvgIpc) is 2.62. The predicted octanol–water partition coefficient (Wildman–Crippen LogP) is 2.17. The molecule has 1 aromatic carbocycles. The van der Waals surface area contributed by atoms with Gasteiger partial charge in [0.05, 0.1) is 23.3 Å². The Morgan fingerprint density at radius 1 is 1.10 bits per heavy atom. The molecule has 0 aliphatic carbocycles. The number of nitrogens with zero attached hydrogens (tertiary/aromatic N) is 4. The van der Waals surface area contributed by atoms with Gasteiger partial charge in [-0.25, -0.2) is 23.7 Å².